The highest BCUT2D eigenvalue weighted by atomic mass is 79.9. The van der Waals surface area contributed by atoms with E-state index >= 15 is 0 Å². The molecule has 0 spiro atoms. The molecule has 1 rings (SSSR count). The number of rotatable bonds is 5. The van der Waals surface area contributed by atoms with Crippen molar-refractivity contribution < 1.29 is 4.74 Å². The molecule has 0 amide bonds. The minimum atomic E-state index is 0.575. The van der Waals surface area contributed by atoms with E-state index in [1.54, 1.807) is 0 Å². The highest BCUT2D eigenvalue weighted by molar-refractivity contribution is 9.10. The van der Waals surface area contributed by atoms with Crippen LogP contribution in [0.3, 0.4) is 0 Å². The molecule has 15 heavy (non-hydrogen) atoms. The molecule has 0 atom stereocenters. The summed E-state index contributed by atoms with van der Waals surface area (Å²) in [6.07, 6.45) is 0. The van der Waals surface area contributed by atoms with E-state index in [1.807, 2.05) is 12.1 Å². The molecule has 2 nitrogen and oxygen atoms in total. The summed E-state index contributed by atoms with van der Waals surface area (Å²) in [6, 6.07) is 6.15. The fourth-order valence-corrected chi connectivity index (χ4v) is 1.78. The third-order valence-electron chi connectivity index (χ3n) is 2.06. The molecule has 0 aliphatic carbocycles. The van der Waals surface area contributed by atoms with Gasteiger partial charge in [-0.1, -0.05) is 41.9 Å². The van der Waals surface area contributed by atoms with Crippen LogP contribution in [0.1, 0.15) is 25.0 Å². The first-order valence-electron chi connectivity index (χ1n) is 5.18. The molecule has 84 valence electrons. The largest absolute Gasteiger partial charge is 0.376 e. The molecule has 0 aliphatic rings. The highest BCUT2D eigenvalue weighted by Crippen LogP contribution is 2.19. The number of ether oxygens (including phenoxy) is 1. The molecule has 0 bridgehead atoms. The lowest BCUT2D eigenvalue weighted by atomic mass is 10.1. The quantitative estimate of drug-likeness (QED) is 0.894. The molecule has 0 fully saturated rings. The summed E-state index contributed by atoms with van der Waals surface area (Å²) in [5.74, 6) is 0.576. The summed E-state index contributed by atoms with van der Waals surface area (Å²) in [4.78, 5) is 0. The third-order valence-corrected chi connectivity index (χ3v) is 2.80. The molecular formula is C12H18BrNO. The van der Waals surface area contributed by atoms with Gasteiger partial charge in [-0.25, -0.2) is 0 Å². The van der Waals surface area contributed by atoms with Crippen molar-refractivity contribution in [2.24, 2.45) is 11.7 Å². The fourth-order valence-electron chi connectivity index (χ4n) is 1.24. The van der Waals surface area contributed by atoms with Crippen molar-refractivity contribution in [2.45, 2.75) is 27.0 Å². The van der Waals surface area contributed by atoms with Crippen LogP contribution >= 0.6 is 15.9 Å². The molecule has 1 aromatic carbocycles. The summed E-state index contributed by atoms with van der Waals surface area (Å²) in [5.41, 5.74) is 7.86. The molecule has 0 aliphatic heterocycles. The average molecular weight is 272 g/mol. The number of halogens is 1. The Morgan fingerprint density at radius 3 is 2.67 bits per heavy atom. The van der Waals surface area contributed by atoms with Gasteiger partial charge in [0.05, 0.1) is 6.61 Å². The number of hydrogen-bond donors (Lipinski definition) is 1. The van der Waals surface area contributed by atoms with Gasteiger partial charge in [0.2, 0.25) is 0 Å². The van der Waals surface area contributed by atoms with Crippen LogP contribution in [-0.4, -0.2) is 6.61 Å². The van der Waals surface area contributed by atoms with Gasteiger partial charge in [-0.2, -0.15) is 0 Å². The maximum Gasteiger partial charge on any atom is 0.0727 e. The maximum absolute atomic E-state index is 5.57. The van der Waals surface area contributed by atoms with Crippen LogP contribution in [-0.2, 0) is 17.9 Å². The predicted octanol–water partition coefficient (Wildman–Crippen LogP) is 3.08. The van der Waals surface area contributed by atoms with Crippen LogP contribution in [0, 0.1) is 5.92 Å². The molecule has 0 heterocycles. The molecule has 0 saturated heterocycles. The Balaban J connectivity index is 2.54. The van der Waals surface area contributed by atoms with Crippen LogP contribution in [0.25, 0.3) is 0 Å². The van der Waals surface area contributed by atoms with Crippen molar-refractivity contribution >= 4 is 15.9 Å². The van der Waals surface area contributed by atoms with Crippen LogP contribution in [0.5, 0.6) is 0 Å². The third kappa shape index (κ3) is 4.33. The Labute approximate surface area is 99.9 Å². The summed E-state index contributed by atoms with van der Waals surface area (Å²) < 4.78 is 6.65. The van der Waals surface area contributed by atoms with Gasteiger partial charge in [0.15, 0.2) is 0 Å². The van der Waals surface area contributed by atoms with E-state index in [2.05, 4.69) is 35.8 Å². The van der Waals surface area contributed by atoms with Crippen molar-refractivity contribution in [3.8, 4) is 0 Å². The van der Waals surface area contributed by atoms with Crippen LogP contribution < -0.4 is 5.73 Å². The lowest BCUT2D eigenvalue weighted by Gasteiger charge is -2.09. The Bertz CT molecular complexity index is 312. The molecule has 0 saturated carbocycles. The topological polar surface area (TPSA) is 35.2 Å². The number of hydrogen-bond acceptors (Lipinski definition) is 2. The van der Waals surface area contributed by atoms with E-state index in [0.717, 1.165) is 16.6 Å². The highest BCUT2D eigenvalue weighted by Gasteiger charge is 2.02. The first kappa shape index (κ1) is 12.7. The van der Waals surface area contributed by atoms with Crippen molar-refractivity contribution in [3.63, 3.8) is 0 Å². The second-order valence-electron chi connectivity index (χ2n) is 4.04. The summed E-state index contributed by atoms with van der Waals surface area (Å²) >= 11 is 3.52. The summed E-state index contributed by atoms with van der Waals surface area (Å²) in [6.45, 7) is 6.32. The van der Waals surface area contributed by atoms with Gasteiger partial charge in [-0.05, 0) is 23.1 Å². The van der Waals surface area contributed by atoms with Gasteiger partial charge < -0.3 is 10.5 Å². The molecule has 1 aromatic rings. The average Bonchev–Trinajstić information content (AvgIpc) is 2.20. The number of benzene rings is 1. The van der Waals surface area contributed by atoms with Crippen molar-refractivity contribution in [1.82, 2.24) is 0 Å². The lowest BCUT2D eigenvalue weighted by molar-refractivity contribution is 0.0967. The maximum atomic E-state index is 5.57. The van der Waals surface area contributed by atoms with E-state index in [4.69, 9.17) is 10.5 Å². The number of nitrogens with two attached hydrogens (primary N) is 1. The van der Waals surface area contributed by atoms with Gasteiger partial charge in [-0.15, -0.1) is 0 Å². The molecule has 0 unspecified atom stereocenters. The van der Waals surface area contributed by atoms with Crippen molar-refractivity contribution in [3.05, 3.63) is 33.8 Å². The SMILES string of the molecule is CC(C)COCc1ccc(CN)cc1Br. The van der Waals surface area contributed by atoms with E-state index in [9.17, 15) is 0 Å². The smallest absolute Gasteiger partial charge is 0.0727 e. The minimum Gasteiger partial charge on any atom is -0.376 e. The van der Waals surface area contributed by atoms with Crippen molar-refractivity contribution in [2.75, 3.05) is 6.61 Å². The fraction of sp³-hybridized carbons (Fsp3) is 0.500. The summed E-state index contributed by atoms with van der Waals surface area (Å²) in [7, 11) is 0. The molecule has 0 aromatic heterocycles. The predicted molar refractivity (Wildman–Crippen MR) is 66.5 cm³/mol. The Morgan fingerprint density at radius 1 is 1.40 bits per heavy atom. The first-order chi connectivity index (χ1) is 7.13. The molecule has 0 radical (unpaired) electrons. The standard InChI is InChI=1S/C12H18BrNO/c1-9(2)7-15-8-11-4-3-10(6-14)5-12(11)13/h3-5,9H,6-8,14H2,1-2H3. The Morgan fingerprint density at radius 2 is 2.13 bits per heavy atom. The van der Waals surface area contributed by atoms with Gasteiger partial charge in [-0.3, -0.25) is 0 Å². The van der Waals surface area contributed by atoms with Crippen LogP contribution in [0.2, 0.25) is 0 Å². The van der Waals surface area contributed by atoms with Crippen LogP contribution in [0.4, 0.5) is 0 Å². The van der Waals surface area contributed by atoms with Crippen LogP contribution in [0.15, 0.2) is 22.7 Å². The second-order valence-corrected chi connectivity index (χ2v) is 4.89. The zero-order valence-electron chi connectivity index (χ0n) is 9.29. The van der Waals surface area contributed by atoms with E-state index in [1.165, 1.54) is 5.56 Å². The van der Waals surface area contributed by atoms with E-state index in [0.29, 0.717) is 19.1 Å². The first-order valence-corrected chi connectivity index (χ1v) is 5.98. The van der Waals surface area contributed by atoms with Gasteiger partial charge in [0.25, 0.3) is 0 Å². The van der Waals surface area contributed by atoms with Crippen molar-refractivity contribution in [1.29, 1.82) is 0 Å². The van der Waals surface area contributed by atoms with Gasteiger partial charge in [0.1, 0.15) is 0 Å². The normalized spacial score (nSPS) is 11.0. The molecular weight excluding hydrogens is 254 g/mol. The van der Waals surface area contributed by atoms with E-state index < -0.39 is 0 Å². The second kappa shape index (κ2) is 6.26. The molecule has 3 heteroatoms. The monoisotopic (exact) mass is 271 g/mol. The van der Waals surface area contributed by atoms with Gasteiger partial charge >= 0.3 is 0 Å². The zero-order chi connectivity index (χ0) is 11.3. The van der Waals surface area contributed by atoms with Gasteiger partial charge in [0, 0.05) is 17.6 Å². The minimum absolute atomic E-state index is 0.575. The zero-order valence-corrected chi connectivity index (χ0v) is 10.9. The Hall–Kier alpha value is -0.380. The lowest BCUT2D eigenvalue weighted by Crippen LogP contribution is -2.03. The summed E-state index contributed by atoms with van der Waals surface area (Å²) in [5, 5.41) is 0. The van der Waals surface area contributed by atoms with E-state index in [-0.39, 0.29) is 0 Å². The Kier molecular flexibility index (Phi) is 5.29. The molecule has 2 N–H and O–H groups in total.